The molecule has 1 N–H and O–H groups in total. The third-order valence-electron chi connectivity index (χ3n) is 10.4. The highest BCUT2D eigenvalue weighted by Gasteiger charge is 2.48. The molecule has 42 heavy (non-hydrogen) atoms. The van der Waals surface area contributed by atoms with E-state index in [1.54, 1.807) is 0 Å². The van der Waals surface area contributed by atoms with Crippen LogP contribution in [0.15, 0.2) is 48.5 Å². The second kappa shape index (κ2) is 14.7. The van der Waals surface area contributed by atoms with Crippen LogP contribution >= 0.6 is 0 Å². The Labute approximate surface area is 252 Å². The molecule has 228 valence electrons. The second-order valence-electron chi connectivity index (χ2n) is 13.2. The standard InChI is InChI=1S/C37H50O5/c1-3-4-6-16-29(38)19-20-30-34-21-27-15-11-12-25(2)33(27)22-28(34)23-35(30)42-37(40)32-18-10-9-17-31(32)36(39)41-24-26-13-7-5-8-14-26/h5,7-8,11-15,28-32,34-35,38H,3-4,6,9-10,16-24H2,1-2H3/t28-,29-,30+,31+,32-,34-,35+/m0/s1. The van der Waals surface area contributed by atoms with Gasteiger partial charge in [-0.3, -0.25) is 9.59 Å². The molecular formula is C37H50O5. The first kappa shape index (κ1) is 30.8. The van der Waals surface area contributed by atoms with Gasteiger partial charge < -0.3 is 14.6 Å². The summed E-state index contributed by atoms with van der Waals surface area (Å²) in [5.74, 6) is -0.204. The Morgan fingerprint density at radius 3 is 2.45 bits per heavy atom. The SMILES string of the molecule is CCCCC[C@H](O)CC[C@@H]1[C@H]2Cc3cccc(C)c3C[C@H]2C[C@H]1OC(=O)[C@H]1CCCC[C@H]1C(=O)OCc1ccccc1. The average molecular weight is 575 g/mol. The van der Waals surface area contributed by atoms with Crippen LogP contribution in [0.25, 0.3) is 0 Å². The molecule has 3 aliphatic carbocycles. The van der Waals surface area contributed by atoms with Gasteiger partial charge in [-0.1, -0.05) is 87.6 Å². The van der Waals surface area contributed by atoms with Gasteiger partial charge in [0.05, 0.1) is 17.9 Å². The summed E-state index contributed by atoms with van der Waals surface area (Å²) in [5, 5.41) is 10.8. The van der Waals surface area contributed by atoms with E-state index >= 15 is 0 Å². The van der Waals surface area contributed by atoms with Crippen molar-refractivity contribution in [2.75, 3.05) is 0 Å². The first-order valence-electron chi connectivity index (χ1n) is 16.6. The molecule has 2 fully saturated rings. The Morgan fingerprint density at radius 1 is 0.929 bits per heavy atom. The first-order valence-corrected chi connectivity index (χ1v) is 16.6. The molecule has 0 radical (unpaired) electrons. The lowest BCUT2D eigenvalue weighted by atomic mass is 9.73. The summed E-state index contributed by atoms with van der Waals surface area (Å²) < 4.78 is 12.1. The fraction of sp³-hybridized carbons (Fsp3) is 0.622. The number of aliphatic hydroxyl groups excluding tert-OH is 1. The number of aryl methyl sites for hydroxylation is 1. The molecule has 3 aliphatic rings. The predicted octanol–water partition coefficient (Wildman–Crippen LogP) is 7.53. The van der Waals surface area contributed by atoms with E-state index < -0.39 is 11.8 Å². The van der Waals surface area contributed by atoms with Gasteiger partial charge in [-0.25, -0.2) is 0 Å². The van der Waals surface area contributed by atoms with Gasteiger partial charge in [-0.05, 0) is 98.3 Å². The van der Waals surface area contributed by atoms with E-state index in [1.165, 1.54) is 16.7 Å². The lowest BCUT2D eigenvalue weighted by molar-refractivity contribution is -0.168. The minimum Gasteiger partial charge on any atom is -0.462 e. The molecule has 0 aliphatic heterocycles. The van der Waals surface area contributed by atoms with Crippen LogP contribution in [-0.4, -0.2) is 29.3 Å². The Kier molecular flexibility index (Phi) is 10.8. The highest BCUT2D eigenvalue weighted by Crippen LogP contribution is 2.49. The van der Waals surface area contributed by atoms with Crippen molar-refractivity contribution in [3.8, 4) is 0 Å². The molecule has 0 heterocycles. The van der Waals surface area contributed by atoms with Gasteiger partial charge in [0.2, 0.25) is 0 Å². The lowest BCUT2D eigenvalue weighted by Gasteiger charge is -2.33. The molecule has 0 spiro atoms. The Morgan fingerprint density at radius 2 is 1.69 bits per heavy atom. The van der Waals surface area contributed by atoms with E-state index in [0.29, 0.717) is 24.7 Å². The van der Waals surface area contributed by atoms with Gasteiger partial charge in [0.1, 0.15) is 12.7 Å². The van der Waals surface area contributed by atoms with Crippen LogP contribution in [0.1, 0.15) is 99.8 Å². The van der Waals surface area contributed by atoms with Crippen molar-refractivity contribution < 1.29 is 24.2 Å². The van der Waals surface area contributed by atoms with E-state index in [1.807, 2.05) is 30.3 Å². The van der Waals surface area contributed by atoms with E-state index in [0.717, 1.165) is 76.2 Å². The summed E-state index contributed by atoms with van der Waals surface area (Å²) >= 11 is 0. The molecule has 0 unspecified atom stereocenters. The van der Waals surface area contributed by atoms with Crippen LogP contribution in [0.3, 0.4) is 0 Å². The summed E-state index contributed by atoms with van der Waals surface area (Å²) in [6, 6.07) is 16.3. The quantitative estimate of drug-likeness (QED) is 0.210. The zero-order valence-corrected chi connectivity index (χ0v) is 25.6. The summed E-state index contributed by atoms with van der Waals surface area (Å²) in [7, 11) is 0. The third kappa shape index (κ3) is 7.45. The molecule has 5 rings (SSSR count). The zero-order chi connectivity index (χ0) is 29.5. The van der Waals surface area contributed by atoms with E-state index in [2.05, 4.69) is 32.0 Å². The molecule has 2 aromatic rings. The van der Waals surface area contributed by atoms with Gasteiger partial charge in [0.15, 0.2) is 0 Å². The van der Waals surface area contributed by atoms with Gasteiger partial charge in [-0.15, -0.1) is 0 Å². The predicted molar refractivity (Wildman–Crippen MR) is 165 cm³/mol. The van der Waals surface area contributed by atoms with Crippen LogP contribution in [0, 0.1) is 36.5 Å². The fourth-order valence-electron chi connectivity index (χ4n) is 8.05. The Balaban J connectivity index is 1.26. The minimum atomic E-state index is -0.440. The molecule has 5 nitrogen and oxygen atoms in total. The van der Waals surface area contributed by atoms with Crippen LogP contribution in [0.2, 0.25) is 0 Å². The number of carbonyl (C=O) groups excluding carboxylic acids is 2. The van der Waals surface area contributed by atoms with Crippen molar-refractivity contribution >= 4 is 11.9 Å². The van der Waals surface area contributed by atoms with Gasteiger partial charge in [0.25, 0.3) is 0 Å². The topological polar surface area (TPSA) is 72.8 Å². The molecule has 0 bridgehead atoms. The lowest BCUT2D eigenvalue weighted by Crippen LogP contribution is -2.37. The van der Waals surface area contributed by atoms with Crippen molar-refractivity contribution in [1.82, 2.24) is 0 Å². The number of fused-ring (bicyclic) bond motifs is 2. The molecular weight excluding hydrogens is 524 g/mol. The molecule has 5 heteroatoms. The molecule has 7 atom stereocenters. The highest BCUT2D eigenvalue weighted by molar-refractivity contribution is 5.82. The zero-order valence-electron chi connectivity index (χ0n) is 25.6. The summed E-state index contributed by atoms with van der Waals surface area (Å²) in [4.78, 5) is 27.0. The maximum atomic E-state index is 13.8. The third-order valence-corrected chi connectivity index (χ3v) is 10.4. The van der Waals surface area contributed by atoms with Crippen LogP contribution in [0.5, 0.6) is 0 Å². The number of rotatable bonds is 12. The largest absolute Gasteiger partial charge is 0.462 e. The molecule has 2 saturated carbocycles. The Hall–Kier alpha value is -2.66. The van der Waals surface area contributed by atoms with Crippen molar-refractivity contribution in [2.24, 2.45) is 29.6 Å². The maximum Gasteiger partial charge on any atom is 0.310 e. The van der Waals surface area contributed by atoms with Crippen molar-refractivity contribution in [2.45, 2.75) is 116 Å². The monoisotopic (exact) mass is 574 g/mol. The van der Waals surface area contributed by atoms with Crippen LogP contribution in [-0.2, 0) is 38.5 Å². The van der Waals surface area contributed by atoms with Crippen molar-refractivity contribution in [3.63, 3.8) is 0 Å². The van der Waals surface area contributed by atoms with E-state index in [4.69, 9.17) is 9.47 Å². The van der Waals surface area contributed by atoms with Gasteiger partial charge >= 0.3 is 11.9 Å². The fourth-order valence-corrected chi connectivity index (χ4v) is 8.05. The molecule has 0 aromatic heterocycles. The molecule has 0 amide bonds. The first-order chi connectivity index (χ1) is 20.4. The molecule has 2 aromatic carbocycles. The normalized spacial score (nSPS) is 27.5. The average Bonchev–Trinajstić information content (AvgIpc) is 3.34. The number of ether oxygens (including phenoxy) is 2. The van der Waals surface area contributed by atoms with Crippen LogP contribution in [0.4, 0.5) is 0 Å². The van der Waals surface area contributed by atoms with Gasteiger partial charge in [-0.2, -0.15) is 0 Å². The highest BCUT2D eigenvalue weighted by atomic mass is 16.5. The van der Waals surface area contributed by atoms with Crippen LogP contribution < -0.4 is 0 Å². The Bertz CT molecular complexity index is 1180. The molecule has 0 saturated heterocycles. The minimum absolute atomic E-state index is 0.159. The maximum absolute atomic E-state index is 13.8. The van der Waals surface area contributed by atoms with E-state index in [-0.39, 0.29) is 36.7 Å². The van der Waals surface area contributed by atoms with E-state index in [9.17, 15) is 14.7 Å². The number of carbonyl (C=O) groups is 2. The summed E-state index contributed by atoms with van der Waals surface area (Å²) in [6.07, 6.45) is 11.5. The second-order valence-corrected chi connectivity index (χ2v) is 13.2. The van der Waals surface area contributed by atoms with Gasteiger partial charge in [0, 0.05) is 0 Å². The number of hydrogen-bond donors (Lipinski definition) is 1. The van der Waals surface area contributed by atoms with Crippen molar-refractivity contribution in [3.05, 3.63) is 70.8 Å². The number of unbranched alkanes of at least 4 members (excludes halogenated alkanes) is 2. The van der Waals surface area contributed by atoms with Crippen molar-refractivity contribution in [1.29, 1.82) is 0 Å². The number of esters is 2. The summed E-state index contributed by atoms with van der Waals surface area (Å²) in [5.41, 5.74) is 5.21. The summed E-state index contributed by atoms with van der Waals surface area (Å²) in [6.45, 7) is 4.62. The number of aliphatic hydroxyl groups is 1. The smallest absolute Gasteiger partial charge is 0.310 e. The number of hydrogen-bond acceptors (Lipinski definition) is 5. The number of benzene rings is 2.